The van der Waals surface area contributed by atoms with Crippen molar-refractivity contribution in [2.45, 2.75) is 201 Å². The summed E-state index contributed by atoms with van der Waals surface area (Å²) in [6.07, 6.45) is 17.7. The Balaban J connectivity index is 6.36. The molecule has 0 bridgehead atoms. The van der Waals surface area contributed by atoms with Crippen LogP contribution in [0.5, 0.6) is 0 Å². The zero-order valence-electron chi connectivity index (χ0n) is 43.7. The molecular weight excluding hydrogens is 893 g/mol. The highest BCUT2D eigenvalue weighted by Gasteiger charge is 2.42. The monoisotopic (exact) mass is 1000 g/mol. The highest BCUT2D eigenvalue weighted by atomic mass is 32.1. The van der Waals surface area contributed by atoms with Crippen molar-refractivity contribution in [3.63, 3.8) is 0 Å². The highest BCUT2D eigenvalue weighted by Crippen LogP contribution is 2.33. The second-order valence-corrected chi connectivity index (χ2v) is 31.1. The van der Waals surface area contributed by atoms with E-state index in [9.17, 15) is 25.5 Å². The van der Waals surface area contributed by atoms with Gasteiger partial charge in [0.15, 0.2) is 0 Å². The van der Waals surface area contributed by atoms with Gasteiger partial charge in [0, 0.05) is 96.3 Å². The molecule has 0 aliphatic rings. The molecule has 0 amide bonds. The van der Waals surface area contributed by atoms with Crippen LogP contribution in [0.15, 0.2) is 0 Å². The van der Waals surface area contributed by atoms with E-state index in [0.29, 0.717) is 45.7 Å². The molecule has 10 unspecified atom stereocenters. The van der Waals surface area contributed by atoms with Crippen LogP contribution < -0.4 is 0 Å². The third-order valence-corrected chi connectivity index (χ3v) is 24.3. The Kier molecular flexibility index (Phi) is 41.6. The van der Waals surface area contributed by atoms with Crippen molar-refractivity contribution in [1.29, 1.82) is 0 Å². The number of thiol groups is 1. The summed E-state index contributed by atoms with van der Waals surface area (Å²) >= 11 is 4.62. The maximum Gasteiger partial charge on any atom is 0.338 e. The molecule has 0 saturated carbocycles. The Morgan fingerprint density at radius 3 is 1.17 bits per heavy atom. The molecule has 0 radical (unpaired) electrons. The minimum Gasteiger partial charge on any atom is -0.396 e. The number of rotatable bonds is 49. The molecule has 0 aromatic heterocycles. The molecule has 0 aromatic carbocycles. The van der Waals surface area contributed by atoms with Gasteiger partial charge in [-0.25, -0.2) is 0 Å². The molecule has 10 atom stereocenters. The first-order valence-corrected chi connectivity index (χ1v) is 34.0. The van der Waals surface area contributed by atoms with Gasteiger partial charge in [0.05, 0.1) is 0 Å². The number of unbranched alkanes of at least 4 members (excludes halogenated alkanes) is 10. The number of hydrogen-bond donors (Lipinski definition) is 6. The molecule has 65 heavy (non-hydrogen) atoms. The van der Waals surface area contributed by atoms with Crippen molar-refractivity contribution in [3.8, 4) is 0 Å². The van der Waals surface area contributed by atoms with Gasteiger partial charge in [-0.3, -0.25) is 0 Å². The van der Waals surface area contributed by atoms with Gasteiger partial charge in [0.1, 0.15) is 0 Å². The van der Waals surface area contributed by atoms with Gasteiger partial charge >= 0.3 is 25.7 Å². The summed E-state index contributed by atoms with van der Waals surface area (Å²) in [7, 11) is -8.26. The Labute approximate surface area is 409 Å². The zero-order chi connectivity index (χ0) is 48.8. The maximum absolute atomic E-state index is 10.2. The molecule has 0 aliphatic heterocycles. The fraction of sp³-hybridized carbons (Fsp3) is 1.00. The third kappa shape index (κ3) is 32.2. The highest BCUT2D eigenvalue weighted by molar-refractivity contribution is 7.80. The van der Waals surface area contributed by atoms with Crippen molar-refractivity contribution in [1.82, 2.24) is 0 Å². The first kappa shape index (κ1) is 65.6. The Morgan fingerprint density at radius 1 is 0.369 bits per heavy atom. The van der Waals surface area contributed by atoms with Crippen molar-refractivity contribution < 1.29 is 52.1 Å². The molecule has 392 valence electrons. The van der Waals surface area contributed by atoms with Crippen LogP contribution in [0.2, 0.25) is 36.3 Å². The third-order valence-electron chi connectivity index (χ3n) is 13.1. The van der Waals surface area contributed by atoms with Gasteiger partial charge in [-0.1, -0.05) is 139 Å². The number of aliphatic hydroxyl groups is 5. The molecule has 0 saturated heterocycles. The van der Waals surface area contributed by atoms with Crippen LogP contribution in [0.3, 0.4) is 0 Å². The summed E-state index contributed by atoms with van der Waals surface area (Å²) in [5.41, 5.74) is 0. The van der Waals surface area contributed by atoms with Gasteiger partial charge in [0.2, 0.25) is 0 Å². The molecule has 0 rings (SSSR count). The summed E-state index contributed by atoms with van der Waals surface area (Å²) in [6.45, 7) is 22.5. The second-order valence-electron chi connectivity index (χ2n) is 20.6. The standard InChI is InChI=1S/C50H108O11SSi3/c1-10-13-15-17-19-21-27-63(30-24-44(4)32-51,57-38-46(6)33-52)56-37-45(5)25-31-64(29-23-26-62,58-39-47(7)34-53)59-40-49(9)41-60-65(43-48(8)35-54,61-42-50(12-3)36-55)28-22-20-18-16-14-11-2/h44-55,62H,10-43H2,1-9H3. The van der Waals surface area contributed by atoms with E-state index in [4.69, 9.17) is 26.6 Å². The summed E-state index contributed by atoms with van der Waals surface area (Å²) < 4.78 is 41.7. The van der Waals surface area contributed by atoms with E-state index in [-0.39, 0.29) is 74.5 Å². The molecule has 5 N–H and O–H groups in total. The average Bonchev–Trinajstić information content (AvgIpc) is 3.32. The van der Waals surface area contributed by atoms with Crippen molar-refractivity contribution in [2.24, 2.45) is 41.4 Å². The summed E-state index contributed by atoms with van der Waals surface area (Å²) in [4.78, 5) is 0. The first-order chi connectivity index (χ1) is 31.2. The van der Waals surface area contributed by atoms with E-state index < -0.39 is 25.7 Å². The van der Waals surface area contributed by atoms with Gasteiger partial charge < -0.3 is 52.1 Å². The van der Waals surface area contributed by atoms with Crippen LogP contribution in [0.25, 0.3) is 0 Å². The van der Waals surface area contributed by atoms with Crippen molar-refractivity contribution in [2.75, 3.05) is 78.4 Å². The minimum absolute atomic E-state index is 0.0125. The van der Waals surface area contributed by atoms with Gasteiger partial charge in [-0.05, 0) is 85.5 Å². The van der Waals surface area contributed by atoms with Crippen LogP contribution in [-0.4, -0.2) is 130 Å². The van der Waals surface area contributed by atoms with Crippen molar-refractivity contribution >= 4 is 38.3 Å². The molecule has 0 heterocycles. The predicted molar refractivity (Wildman–Crippen MR) is 280 cm³/mol. The lowest BCUT2D eigenvalue weighted by atomic mass is 10.1. The lowest BCUT2D eigenvalue weighted by Gasteiger charge is -2.36. The van der Waals surface area contributed by atoms with Crippen LogP contribution in [0.1, 0.15) is 165 Å². The predicted octanol–water partition coefficient (Wildman–Crippen LogP) is 11.0. The van der Waals surface area contributed by atoms with Crippen LogP contribution in [0, 0.1) is 41.4 Å². The summed E-state index contributed by atoms with van der Waals surface area (Å²) in [5, 5.41) is 50.1. The summed E-state index contributed by atoms with van der Waals surface area (Å²) in [5.74, 6) is 1.31. The van der Waals surface area contributed by atoms with Crippen LogP contribution >= 0.6 is 12.6 Å². The molecule has 0 fully saturated rings. The fourth-order valence-electron chi connectivity index (χ4n) is 7.91. The molecule has 0 aliphatic carbocycles. The van der Waals surface area contributed by atoms with Gasteiger partial charge in [0.25, 0.3) is 0 Å². The normalized spacial score (nSPS) is 18.3. The van der Waals surface area contributed by atoms with E-state index >= 15 is 0 Å². The van der Waals surface area contributed by atoms with Gasteiger partial charge in [-0.2, -0.15) is 12.6 Å². The second kappa shape index (κ2) is 41.2. The molecular formula is C50H108O11SSi3. The Hall–Kier alpha value is 0.561. The minimum atomic E-state index is -2.81. The van der Waals surface area contributed by atoms with Crippen molar-refractivity contribution in [3.05, 3.63) is 0 Å². The number of aliphatic hydroxyl groups excluding tert-OH is 5. The van der Waals surface area contributed by atoms with E-state index in [1.807, 2.05) is 13.8 Å². The topological polar surface area (TPSA) is 157 Å². The molecule has 15 heteroatoms. The average molecular weight is 1000 g/mol. The Morgan fingerprint density at radius 2 is 0.738 bits per heavy atom. The zero-order valence-corrected chi connectivity index (χ0v) is 47.6. The van der Waals surface area contributed by atoms with Crippen LogP contribution in [-0.2, 0) is 26.6 Å². The summed E-state index contributed by atoms with van der Waals surface area (Å²) in [6, 6.07) is 4.93. The first-order valence-electron chi connectivity index (χ1n) is 26.7. The smallest absolute Gasteiger partial charge is 0.338 e. The maximum atomic E-state index is 10.2. The lowest BCUT2D eigenvalue weighted by Crippen LogP contribution is -2.48. The van der Waals surface area contributed by atoms with E-state index in [1.165, 1.54) is 51.4 Å². The van der Waals surface area contributed by atoms with E-state index in [2.05, 4.69) is 61.1 Å². The van der Waals surface area contributed by atoms with Gasteiger partial charge in [-0.15, -0.1) is 0 Å². The molecule has 11 nitrogen and oxygen atoms in total. The number of hydrogen-bond acceptors (Lipinski definition) is 12. The lowest BCUT2D eigenvalue weighted by molar-refractivity contribution is 0.0769. The quantitative estimate of drug-likeness (QED) is 0.0196. The van der Waals surface area contributed by atoms with E-state index in [1.54, 1.807) is 0 Å². The molecule has 0 spiro atoms. The van der Waals surface area contributed by atoms with Crippen LogP contribution in [0.4, 0.5) is 0 Å². The largest absolute Gasteiger partial charge is 0.396 e. The molecule has 0 aromatic rings. The van der Waals surface area contributed by atoms with E-state index in [0.717, 1.165) is 87.3 Å². The SMILES string of the molecule is CCCCCCCC[Si](CCC(C)CO)(OCC(C)CO)OCC(C)CC[Si](CCCS)(OCC(C)CO)OCC(C)CO[Si](CCCCCCCC)(CC(C)CO)OCC(CC)CO. The Bertz CT molecular complexity index is 1040. The fourth-order valence-corrected chi connectivity index (χ4v) is 19.8.